The van der Waals surface area contributed by atoms with Crippen molar-refractivity contribution in [3.8, 4) is 0 Å². The highest BCUT2D eigenvalue weighted by molar-refractivity contribution is 4.80. The second-order valence-corrected chi connectivity index (χ2v) is 5.00. The second kappa shape index (κ2) is 7.25. The first-order valence-corrected chi connectivity index (χ1v) is 6.88. The Morgan fingerprint density at radius 3 is 2.81 bits per heavy atom. The van der Waals surface area contributed by atoms with Gasteiger partial charge < -0.3 is 14.8 Å². The van der Waals surface area contributed by atoms with Crippen molar-refractivity contribution in [2.24, 2.45) is 0 Å². The van der Waals surface area contributed by atoms with Crippen molar-refractivity contribution in [3.63, 3.8) is 0 Å². The average molecular weight is 227 g/mol. The minimum atomic E-state index is 0.386. The van der Waals surface area contributed by atoms with Gasteiger partial charge in [-0.3, -0.25) is 0 Å². The van der Waals surface area contributed by atoms with Gasteiger partial charge in [-0.25, -0.2) is 0 Å². The van der Waals surface area contributed by atoms with Crippen LogP contribution in [-0.2, 0) is 9.47 Å². The molecule has 1 heterocycles. The summed E-state index contributed by atoms with van der Waals surface area (Å²) in [7, 11) is 0. The summed E-state index contributed by atoms with van der Waals surface area (Å²) in [5.41, 5.74) is 0. The van der Waals surface area contributed by atoms with Gasteiger partial charge in [0.2, 0.25) is 0 Å². The third kappa shape index (κ3) is 5.28. The van der Waals surface area contributed by atoms with Crippen LogP contribution in [0.15, 0.2) is 0 Å². The van der Waals surface area contributed by atoms with Gasteiger partial charge in [-0.05, 0) is 51.5 Å². The van der Waals surface area contributed by atoms with Gasteiger partial charge in [-0.1, -0.05) is 0 Å². The van der Waals surface area contributed by atoms with Crippen molar-refractivity contribution >= 4 is 0 Å². The second-order valence-electron chi connectivity index (χ2n) is 5.00. The number of hydrogen-bond acceptors (Lipinski definition) is 3. The summed E-state index contributed by atoms with van der Waals surface area (Å²) in [6.45, 7) is 3.83. The van der Waals surface area contributed by atoms with Crippen LogP contribution in [0.4, 0.5) is 0 Å². The molecule has 2 fully saturated rings. The van der Waals surface area contributed by atoms with Gasteiger partial charge in [0.1, 0.15) is 0 Å². The van der Waals surface area contributed by atoms with Crippen LogP contribution in [0.2, 0.25) is 0 Å². The van der Waals surface area contributed by atoms with Crippen LogP contribution >= 0.6 is 0 Å². The van der Waals surface area contributed by atoms with E-state index in [9.17, 15) is 0 Å². The van der Waals surface area contributed by atoms with Gasteiger partial charge in [0.05, 0.1) is 12.7 Å². The third-order valence-electron chi connectivity index (χ3n) is 3.30. The predicted molar refractivity (Wildman–Crippen MR) is 64.7 cm³/mol. The fourth-order valence-corrected chi connectivity index (χ4v) is 2.09. The van der Waals surface area contributed by atoms with Crippen LogP contribution in [0, 0.1) is 0 Å². The summed E-state index contributed by atoms with van der Waals surface area (Å²) < 4.78 is 11.1. The molecule has 2 rings (SSSR count). The lowest BCUT2D eigenvalue weighted by Gasteiger charge is -2.09. The Bertz CT molecular complexity index is 177. The molecule has 0 aromatic carbocycles. The average Bonchev–Trinajstić information content (AvgIpc) is 2.97. The summed E-state index contributed by atoms with van der Waals surface area (Å²) in [5.74, 6) is 0. The lowest BCUT2D eigenvalue weighted by molar-refractivity contribution is 0.0161. The standard InChI is InChI=1S/C13H25NO2/c1(2-8-14-12-6-7-12)3-9-15-11-13-5-4-10-16-13/h12-14H,1-11H2. The van der Waals surface area contributed by atoms with Crippen LogP contribution in [0.1, 0.15) is 44.9 Å². The number of hydrogen-bond donors (Lipinski definition) is 1. The van der Waals surface area contributed by atoms with E-state index < -0.39 is 0 Å². The number of rotatable bonds is 9. The Kier molecular flexibility index (Phi) is 5.59. The first-order valence-electron chi connectivity index (χ1n) is 6.88. The van der Waals surface area contributed by atoms with Gasteiger partial charge in [0, 0.05) is 19.3 Å². The van der Waals surface area contributed by atoms with E-state index in [0.717, 1.165) is 25.9 Å². The molecule has 0 amide bonds. The Labute approximate surface area is 98.9 Å². The zero-order valence-corrected chi connectivity index (χ0v) is 10.2. The highest BCUT2D eigenvalue weighted by Gasteiger charge is 2.19. The van der Waals surface area contributed by atoms with E-state index in [0.29, 0.717) is 6.10 Å². The molecule has 1 saturated carbocycles. The van der Waals surface area contributed by atoms with E-state index in [1.54, 1.807) is 0 Å². The Morgan fingerprint density at radius 1 is 1.12 bits per heavy atom. The van der Waals surface area contributed by atoms with Crippen LogP contribution in [0.25, 0.3) is 0 Å². The van der Waals surface area contributed by atoms with E-state index in [1.807, 2.05) is 0 Å². The van der Waals surface area contributed by atoms with Crippen molar-refractivity contribution in [1.29, 1.82) is 0 Å². The van der Waals surface area contributed by atoms with Gasteiger partial charge in [0.25, 0.3) is 0 Å². The molecule has 0 aromatic rings. The minimum absolute atomic E-state index is 0.386. The Morgan fingerprint density at radius 2 is 2.06 bits per heavy atom. The lowest BCUT2D eigenvalue weighted by Crippen LogP contribution is -2.17. The number of ether oxygens (including phenoxy) is 2. The van der Waals surface area contributed by atoms with E-state index >= 15 is 0 Å². The molecule has 3 nitrogen and oxygen atoms in total. The smallest absolute Gasteiger partial charge is 0.0809 e. The molecule has 0 bridgehead atoms. The molecular formula is C13H25NO2. The first kappa shape index (κ1) is 12.3. The van der Waals surface area contributed by atoms with Crippen molar-refractivity contribution < 1.29 is 9.47 Å². The largest absolute Gasteiger partial charge is 0.379 e. The molecule has 3 heteroatoms. The molecular weight excluding hydrogens is 202 g/mol. The van der Waals surface area contributed by atoms with Crippen LogP contribution in [0.3, 0.4) is 0 Å². The SMILES string of the molecule is C(CCNC1CC1)CCOCC1CCCO1. The quantitative estimate of drug-likeness (QED) is 0.612. The molecule has 1 atom stereocenters. The molecule has 0 aromatic heterocycles. The minimum Gasteiger partial charge on any atom is -0.379 e. The van der Waals surface area contributed by atoms with Crippen LogP contribution < -0.4 is 5.32 Å². The van der Waals surface area contributed by atoms with Gasteiger partial charge in [0.15, 0.2) is 0 Å². The molecule has 94 valence electrons. The number of nitrogens with one attached hydrogen (secondary N) is 1. The Balaban J connectivity index is 1.29. The summed E-state index contributed by atoms with van der Waals surface area (Å²) in [6, 6.07) is 0.857. The summed E-state index contributed by atoms with van der Waals surface area (Å²) in [5, 5.41) is 3.53. The predicted octanol–water partition coefficient (Wildman–Crippen LogP) is 2.10. The maximum absolute atomic E-state index is 5.61. The van der Waals surface area contributed by atoms with E-state index in [-0.39, 0.29) is 0 Å². The van der Waals surface area contributed by atoms with Gasteiger partial charge in [-0.15, -0.1) is 0 Å². The van der Waals surface area contributed by atoms with E-state index in [2.05, 4.69) is 5.32 Å². The van der Waals surface area contributed by atoms with Crippen molar-refractivity contribution in [1.82, 2.24) is 5.32 Å². The molecule has 1 aliphatic heterocycles. The van der Waals surface area contributed by atoms with Gasteiger partial charge >= 0.3 is 0 Å². The zero-order valence-electron chi connectivity index (χ0n) is 10.2. The molecule has 0 radical (unpaired) electrons. The molecule has 1 aliphatic carbocycles. The summed E-state index contributed by atoms with van der Waals surface area (Å²) in [4.78, 5) is 0. The lowest BCUT2D eigenvalue weighted by atomic mass is 10.2. The molecule has 16 heavy (non-hydrogen) atoms. The molecule has 1 N–H and O–H groups in total. The van der Waals surface area contributed by atoms with Crippen LogP contribution in [0.5, 0.6) is 0 Å². The number of unbranched alkanes of at least 4 members (excludes halogenated alkanes) is 2. The fourth-order valence-electron chi connectivity index (χ4n) is 2.09. The molecule has 1 saturated heterocycles. The summed E-state index contributed by atoms with van der Waals surface area (Å²) in [6.07, 6.45) is 9.34. The monoisotopic (exact) mass is 227 g/mol. The fraction of sp³-hybridized carbons (Fsp3) is 1.00. The zero-order chi connectivity index (χ0) is 11.1. The van der Waals surface area contributed by atoms with Crippen molar-refractivity contribution in [3.05, 3.63) is 0 Å². The van der Waals surface area contributed by atoms with Gasteiger partial charge in [-0.2, -0.15) is 0 Å². The molecule has 2 aliphatic rings. The van der Waals surface area contributed by atoms with Crippen molar-refractivity contribution in [2.75, 3.05) is 26.4 Å². The normalized spacial score (nSPS) is 25.1. The van der Waals surface area contributed by atoms with Crippen molar-refractivity contribution in [2.45, 2.75) is 57.1 Å². The van der Waals surface area contributed by atoms with Crippen LogP contribution in [-0.4, -0.2) is 38.5 Å². The van der Waals surface area contributed by atoms with E-state index in [1.165, 1.54) is 51.5 Å². The Hall–Kier alpha value is -0.120. The maximum Gasteiger partial charge on any atom is 0.0809 e. The van der Waals surface area contributed by atoms with E-state index in [4.69, 9.17) is 9.47 Å². The highest BCUT2D eigenvalue weighted by Crippen LogP contribution is 2.18. The highest BCUT2D eigenvalue weighted by atomic mass is 16.5. The maximum atomic E-state index is 5.61. The first-order chi connectivity index (χ1) is 7.95. The third-order valence-corrected chi connectivity index (χ3v) is 3.30. The topological polar surface area (TPSA) is 30.5 Å². The summed E-state index contributed by atoms with van der Waals surface area (Å²) >= 11 is 0. The molecule has 0 spiro atoms. The molecule has 1 unspecified atom stereocenters.